The Hall–Kier alpha value is -0.280. The van der Waals surface area contributed by atoms with Gasteiger partial charge in [-0.05, 0) is 25.3 Å². The standard InChI is InChI=1S/C14H28N2O.ClH/c1-3-8-15-9-10-16-14(17)12(2)11-13-6-4-5-7-13;/h12-13,15H,3-11H2,1-2H3,(H,16,17);1H. The second kappa shape index (κ2) is 10.6. The molecular formula is C14H29ClN2O. The molecule has 4 heteroatoms. The number of nitrogens with one attached hydrogen (secondary N) is 2. The van der Waals surface area contributed by atoms with Crippen LogP contribution in [0.25, 0.3) is 0 Å². The average molecular weight is 277 g/mol. The zero-order valence-electron chi connectivity index (χ0n) is 11.8. The highest BCUT2D eigenvalue weighted by Crippen LogP contribution is 2.30. The Labute approximate surface area is 118 Å². The molecular weight excluding hydrogens is 248 g/mol. The van der Waals surface area contributed by atoms with Crippen molar-refractivity contribution in [3.63, 3.8) is 0 Å². The van der Waals surface area contributed by atoms with Crippen molar-refractivity contribution in [3.8, 4) is 0 Å². The van der Waals surface area contributed by atoms with Crippen molar-refractivity contribution in [1.82, 2.24) is 10.6 Å². The van der Waals surface area contributed by atoms with E-state index in [9.17, 15) is 4.79 Å². The second-order valence-electron chi connectivity index (χ2n) is 5.33. The molecule has 0 aliphatic heterocycles. The molecule has 18 heavy (non-hydrogen) atoms. The van der Waals surface area contributed by atoms with Crippen LogP contribution in [0.15, 0.2) is 0 Å². The molecule has 108 valence electrons. The molecule has 0 heterocycles. The van der Waals surface area contributed by atoms with Crippen molar-refractivity contribution in [3.05, 3.63) is 0 Å². The Morgan fingerprint density at radius 1 is 1.22 bits per heavy atom. The van der Waals surface area contributed by atoms with Gasteiger partial charge >= 0.3 is 0 Å². The minimum absolute atomic E-state index is 0. The highest BCUT2D eigenvalue weighted by molar-refractivity contribution is 5.85. The van der Waals surface area contributed by atoms with Crippen LogP contribution in [0, 0.1) is 11.8 Å². The molecule has 1 fully saturated rings. The summed E-state index contributed by atoms with van der Waals surface area (Å²) in [5.74, 6) is 1.22. The summed E-state index contributed by atoms with van der Waals surface area (Å²) in [6, 6.07) is 0. The Morgan fingerprint density at radius 3 is 2.50 bits per heavy atom. The van der Waals surface area contributed by atoms with Crippen molar-refractivity contribution >= 4 is 18.3 Å². The van der Waals surface area contributed by atoms with Gasteiger partial charge in [-0.15, -0.1) is 12.4 Å². The smallest absolute Gasteiger partial charge is 0.222 e. The zero-order valence-corrected chi connectivity index (χ0v) is 12.7. The van der Waals surface area contributed by atoms with Crippen LogP contribution in [0.3, 0.4) is 0 Å². The molecule has 1 unspecified atom stereocenters. The van der Waals surface area contributed by atoms with E-state index in [4.69, 9.17) is 0 Å². The molecule has 1 aliphatic carbocycles. The monoisotopic (exact) mass is 276 g/mol. The Bertz CT molecular complexity index is 218. The molecule has 1 atom stereocenters. The van der Waals surface area contributed by atoms with Crippen LogP contribution < -0.4 is 10.6 Å². The minimum Gasteiger partial charge on any atom is -0.355 e. The fourth-order valence-electron chi connectivity index (χ4n) is 2.60. The van der Waals surface area contributed by atoms with Gasteiger partial charge in [0.15, 0.2) is 0 Å². The third-order valence-electron chi connectivity index (χ3n) is 3.64. The largest absolute Gasteiger partial charge is 0.355 e. The van der Waals surface area contributed by atoms with E-state index in [2.05, 4.69) is 24.5 Å². The highest BCUT2D eigenvalue weighted by atomic mass is 35.5. The fourth-order valence-corrected chi connectivity index (χ4v) is 2.60. The average Bonchev–Trinajstić information content (AvgIpc) is 2.81. The summed E-state index contributed by atoms with van der Waals surface area (Å²) in [5, 5.41) is 6.30. The van der Waals surface area contributed by atoms with Crippen molar-refractivity contribution < 1.29 is 4.79 Å². The molecule has 2 N–H and O–H groups in total. The number of carbonyl (C=O) groups excluding carboxylic acids is 1. The zero-order chi connectivity index (χ0) is 12.5. The molecule has 0 aromatic carbocycles. The lowest BCUT2D eigenvalue weighted by Gasteiger charge is -2.16. The van der Waals surface area contributed by atoms with Gasteiger partial charge in [-0.3, -0.25) is 4.79 Å². The molecule has 0 aromatic rings. The van der Waals surface area contributed by atoms with E-state index in [0.29, 0.717) is 0 Å². The Morgan fingerprint density at radius 2 is 1.89 bits per heavy atom. The summed E-state index contributed by atoms with van der Waals surface area (Å²) in [5.41, 5.74) is 0. The third kappa shape index (κ3) is 7.22. The maximum Gasteiger partial charge on any atom is 0.222 e. The number of amides is 1. The lowest BCUT2D eigenvalue weighted by molar-refractivity contribution is -0.124. The molecule has 1 rings (SSSR count). The van der Waals surface area contributed by atoms with Crippen LogP contribution in [0.2, 0.25) is 0 Å². The van der Waals surface area contributed by atoms with E-state index >= 15 is 0 Å². The Kier molecular flexibility index (Phi) is 10.5. The van der Waals surface area contributed by atoms with Gasteiger partial charge in [0.1, 0.15) is 0 Å². The predicted molar refractivity (Wildman–Crippen MR) is 79.2 cm³/mol. The lowest BCUT2D eigenvalue weighted by Crippen LogP contribution is -2.35. The van der Waals surface area contributed by atoms with Crippen LogP contribution in [0.4, 0.5) is 0 Å². The summed E-state index contributed by atoms with van der Waals surface area (Å²) in [4.78, 5) is 11.8. The van der Waals surface area contributed by atoms with Gasteiger partial charge in [0, 0.05) is 19.0 Å². The van der Waals surface area contributed by atoms with Crippen LogP contribution in [0.1, 0.15) is 52.4 Å². The predicted octanol–water partition coefficient (Wildman–Crippen LogP) is 2.74. The van der Waals surface area contributed by atoms with Gasteiger partial charge < -0.3 is 10.6 Å². The summed E-state index contributed by atoms with van der Waals surface area (Å²) in [7, 11) is 0. The summed E-state index contributed by atoms with van der Waals surface area (Å²) < 4.78 is 0. The van der Waals surface area contributed by atoms with Crippen LogP contribution in [0.5, 0.6) is 0 Å². The van der Waals surface area contributed by atoms with Crippen molar-refractivity contribution in [2.45, 2.75) is 52.4 Å². The van der Waals surface area contributed by atoms with Crippen molar-refractivity contribution in [1.29, 1.82) is 0 Å². The van der Waals surface area contributed by atoms with Crippen LogP contribution >= 0.6 is 12.4 Å². The molecule has 0 saturated heterocycles. The topological polar surface area (TPSA) is 41.1 Å². The maximum atomic E-state index is 11.8. The third-order valence-corrected chi connectivity index (χ3v) is 3.64. The van der Waals surface area contributed by atoms with Gasteiger partial charge in [-0.2, -0.15) is 0 Å². The van der Waals surface area contributed by atoms with Crippen molar-refractivity contribution in [2.75, 3.05) is 19.6 Å². The molecule has 0 aromatic heterocycles. The first kappa shape index (κ1) is 17.7. The normalized spacial score (nSPS) is 17.2. The lowest BCUT2D eigenvalue weighted by atomic mass is 9.94. The molecule has 3 nitrogen and oxygen atoms in total. The SMILES string of the molecule is CCCNCCNC(=O)C(C)CC1CCCC1.Cl. The molecule has 0 bridgehead atoms. The summed E-state index contributed by atoms with van der Waals surface area (Å²) in [6.45, 7) is 6.89. The van der Waals surface area contributed by atoms with E-state index in [0.717, 1.165) is 38.4 Å². The first-order chi connectivity index (χ1) is 8.24. The van der Waals surface area contributed by atoms with Gasteiger partial charge in [0.25, 0.3) is 0 Å². The minimum atomic E-state index is 0. The van der Waals surface area contributed by atoms with Gasteiger partial charge in [-0.1, -0.05) is 39.5 Å². The maximum absolute atomic E-state index is 11.8. The van der Waals surface area contributed by atoms with E-state index in [-0.39, 0.29) is 24.2 Å². The second-order valence-corrected chi connectivity index (χ2v) is 5.33. The van der Waals surface area contributed by atoms with E-state index in [1.807, 2.05) is 0 Å². The first-order valence-electron chi connectivity index (χ1n) is 7.22. The number of halogens is 1. The summed E-state index contributed by atoms with van der Waals surface area (Å²) >= 11 is 0. The highest BCUT2D eigenvalue weighted by Gasteiger charge is 2.21. The van der Waals surface area contributed by atoms with Crippen LogP contribution in [-0.2, 0) is 4.79 Å². The summed E-state index contributed by atoms with van der Waals surface area (Å²) in [6.07, 6.45) is 7.60. The van der Waals surface area contributed by atoms with E-state index in [1.165, 1.54) is 25.7 Å². The molecule has 1 aliphatic rings. The van der Waals surface area contributed by atoms with E-state index in [1.54, 1.807) is 0 Å². The Balaban J connectivity index is 0.00000289. The fraction of sp³-hybridized carbons (Fsp3) is 0.929. The quantitative estimate of drug-likeness (QED) is 0.670. The van der Waals surface area contributed by atoms with Gasteiger partial charge in [0.2, 0.25) is 5.91 Å². The molecule has 0 radical (unpaired) electrons. The number of hydrogen-bond donors (Lipinski definition) is 2. The van der Waals surface area contributed by atoms with E-state index < -0.39 is 0 Å². The molecule has 0 spiro atoms. The van der Waals surface area contributed by atoms with Gasteiger partial charge in [0.05, 0.1) is 0 Å². The first-order valence-corrected chi connectivity index (χ1v) is 7.22. The number of carbonyl (C=O) groups is 1. The van der Waals surface area contributed by atoms with Crippen molar-refractivity contribution in [2.24, 2.45) is 11.8 Å². The number of rotatable bonds is 8. The molecule has 1 saturated carbocycles. The van der Waals surface area contributed by atoms with Gasteiger partial charge in [-0.25, -0.2) is 0 Å². The number of hydrogen-bond acceptors (Lipinski definition) is 2. The molecule has 1 amide bonds. The van der Waals surface area contributed by atoms with Crippen LogP contribution in [-0.4, -0.2) is 25.5 Å².